The zero-order valence-electron chi connectivity index (χ0n) is 13.9. The molecule has 0 aliphatic carbocycles. The van der Waals surface area contributed by atoms with E-state index in [0.29, 0.717) is 42.6 Å². The minimum atomic E-state index is -0.0575. The van der Waals surface area contributed by atoms with E-state index in [2.05, 4.69) is 10.3 Å². The number of anilines is 2. The monoisotopic (exact) mass is 358 g/mol. The van der Waals surface area contributed by atoms with Gasteiger partial charge in [0.2, 0.25) is 6.41 Å². The highest BCUT2D eigenvalue weighted by Crippen LogP contribution is 2.23. The Morgan fingerprint density at radius 1 is 1.20 bits per heavy atom. The normalized spacial score (nSPS) is 14.3. The van der Waals surface area contributed by atoms with Crippen LogP contribution in [0.25, 0.3) is 0 Å². The molecule has 2 aromatic rings. The van der Waals surface area contributed by atoms with Gasteiger partial charge < -0.3 is 15.1 Å². The second-order valence-corrected chi connectivity index (χ2v) is 6.36. The topological polar surface area (TPSA) is 65.5 Å². The quantitative estimate of drug-likeness (QED) is 0.853. The maximum absolute atomic E-state index is 12.6. The van der Waals surface area contributed by atoms with E-state index >= 15 is 0 Å². The molecule has 0 atom stereocenters. The molecule has 0 unspecified atom stereocenters. The number of carbonyl (C=O) groups is 2. The van der Waals surface area contributed by atoms with Crippen molar-refractivity contribution in [3.05, 3.63) is 52.7 Å². The Bertz CT molecular complexity index is 788. The number of hydrogen-bond acceptors (Lipinski definition) is 4. The lowest BCUT2D eigenvalue weighted by atomic mass is 10.2. The molecule has 1 N–H and O–H groups in total. The molecule has 1 aromatic heterocycles. The Hall–Kier alpha value is -2.60. The summed E-state index contributed by atoms with van der Waals surface area (Å²) in [6.45, 7) is 4.14. The molecule has 2 heterocycles. The first-order valence-electron chi connectivity index (χ1n) is 8.04. The fourth-order valence-electron chi connectivity index (χ4n) is 2.66. The maximum atomic E-state index is 12.6. The van der Waals surface area contributed by atoms with E-state index < -0.39 is 0 Å². The van der Waals surface area contributed by atoms with Crippen LogP contribution in [0.5, 0.6) is 0 Å². The third-order valence-electron chi connectivity index (χ3n) is 4.20. The summed E-state index contributed by atoms with van der Waals surface area (Å²) < 4.78 is 0. The van der Waals surface area contributed by atoms with Crippen LogP contribution in [-0.4, -0.2) is 53.3 Å². The Morgan fingerprint density at radius 2 is 1.96 bits per heavy atom. The average Bonchev–Trinajstić information content (AvgIpc) is 2.64. The van der Waals surface area contributed by atoms with E-state index in [0.717, 1.165) is 17.7 Å². The highest BCUT2D eigenvalue weighted by Gasteiger charge is 2.21. The average molecular weight is 359 g/mol. The number of rotatable bonds is 4. The number of aromatic nitrogens is 1. The van der Waals surface area contributed by atoms with Crippen molar-refractivity contribution in [2.24, 2.45) is 0 Å². The molecule has 1 saturated heterocycles. The van der Waals surface area contributed by atoms with Crippen LogP contribution in [0.2, 0.25) is 5.02 Å². The summed E-state index contributed by atoms with van der Waals surface area (Å²) in [5.74, 6) is 0.523. The molecule has 3 rings (SSSR count). The summed E-state index contributed by atoms with van der Waals surface area (Å²) in [5, 5.41) is 3.84. The third kappa shape index (κ3) is 4.09. The molecule has 7 heteroatoms. The molecule has 0 bridgehead atoms. The molecule has 130 valence electrons. The second-order valence-electron chi connectivity index (χ2n) is 5.95. The molecule has 1 aliphatic heterocycles. The van der Waals surface area contributed by atoms with Crippen molar-refractivity contribution in [2.75, 3.05) is 31.5 Å². The smallest absolute Gasteiger partial charge is 0.254 e. The molecule has 1 fully saturated rings. The first-order chi connectivity index (χ1) is 12.1. The number of nitrogens with one attached hydrogen (secondary N) is 1. The summed E-state index contributed by atoms with van der Waals surface area (Å²) in [4.78, 5) is 31.1. The number of carbonyl (C=O) groups excluding carboxylic acids is 2. The van der Waals surface area contributed by atoms with E-state index in [9.17, 15) is 9.59 Å². The van der Waals surface area contributed by atoms with Gasteiger partial charge >= 0.3 is 0 Å². The van der Waals surface area contributed by atoms with Gasteiger partial charge in [-0.1, -0.05) is 17.7 Å². The highest BCUT2D eigenvalue weighted by molar-refractivity contribution is 6.31. The number of nitrogens with zero attached hydrogens (tertiary/aromatic N) is 3. The van der Waals surface area contributed by atoms with Gasteiger partial charge in [-0.3, -0.25) is 9.59 Å². The minimum absolute atomic E-state index is 0.0575. The van der Waals surface area contributed by atoms with Crippen molar-refractivity contribution in [1.29, 1.82) is 0 Å². The molecule has 0 radical (unpaired) electrons. The molecule has 25 heavy (non-hydrogen) atoms. The van der Waals surface area contributed by atoms with Crippen LogP contribution < -0.4 is 5.32 Å². The SMILES string of the molecule is Cc1ccc(Nc2cc(C(=O)N3CCN(C=O)CC3)ccn2)cc1Cl. The molecule has 0 spiro atoms. The lowest BCUT2D eigenvalue weighted by Gasteiger charge is -2.32. The van der Waals surface area contributed by atoms with Crippen molar-refractivity contribution < 1.29 is 9.59 Å². The fraction of sp³-hybridized carbons (Fsp3) is 0.278. The van der Waals surface area contributed by atoms with Crippen molar-refractivity contribution >= 4 is 35.4 Å². The van der Waals surface area contributed by atoms with Gasteiger partial charge in [0.15, 0.2) is 0 Å². The van der Waals surface area contributed by atoms with Crippen molar-refractivity contribution in [2.45, 2.75) is 6.92 Å². The minimum Gasteiger partial charge on any atom is -0.342 e. The van der Waals surface area contributed by atoms with E-state index in [1.807, 2.05) is 25.1 Å². The van der Waals surface area contributed by atoms with Crippen LogP contribution in [0.4, 0.5) is 11.5 Å². The number of pyridine rings is 1. The number of halogens is 1. The molecule has 1 aliphatic rings. The lowest BCUT2D eigenvalue weighted by molar-refractivity contribution is -0.119. The molecular formula is C18H19ClN4O2. The Morgan fingerprint density at radius 3 is 2.64 bits per heavy atom. The Kier molecular flexibility index (Phi) is 5.19. The van der Waals surface area contributed by atoms with Gasteiger partial charge in [0.25, 0.3) is 5.91 Å². The highest BCUT2D eigenvalue weighted by atomic mass is 35.5. The third-order valence-corrected chi connectivity index (χ3v) is 4.61. The van der Waals surface area contributed by atoms with E-state index in [1.54, 1.807) is 28.1 Å². The predicted molar refractivity (Wildman–Crippen MR) is 97.2 cm³/mol. The van der Waals surface area contributed by atoms with Crippen LogP contribution >= 0.6 is 11.6 Å². The van der Waals surface area contributed by atoms with Gasteiger partial charge in [0.05, 0.1) is 0 Å². The van der Waals surface area contributed by atoms with Gasteiger partial charge in [-0.15, -0.1) is 0 Å². The van der Waals surface area contributed by atoms with Gasteiger partial charge in [0.1, 0.15) is 5.82 Å². The van der Waals surface area contributed by atoms with E-state index in [4.69, 9.17) is 11.6 Å². The molecular weight excluding hydrogens is 340 g/mol. The van der Waals surface area contributed by atoms with Crippen molar-refractivity contribution in [3.8, 4) is 0 Å². The van der Waals surface area contributed by atoms with Gasteiger partial charge in [-0.25, -0.2) is 4.98 Å². The van der Waals surface area contributed by atoms with Crippen LogP contribution in [0.3, 0.4) is 0 Å². The van der Waals surface area contributed by atoms with Crippen LogP contribution in [0.15, 0.2) is 36.5 Å². The summed E-state index contributed by atoms with van der Waals surface area (Å²) in [7, 11) is 0. The van der Waals surface area contributed by atoms with E-state index in [-0.39, 0.29) is 5.91 Å². The Labute approximate surface area is 151 Å². The summed E-state index contributed by atoms with van der Waals surface area (Å²) >= 11 is 6.14. The molecule has 0 saturated carbocycles. The Balaban J connectivity index is 1.71. The van der Waals surface area contributed by atoms with Crippen LogP contribution in [-0.2, 0) is 4.79 Å². The predicted octanol–water partition coefficient (Wildman–Crippen LogP) is 2.70. The first-order valence-corrected chi connectivity index (χ1v) is 8.42. The molecule has 1 aromatic carbocycles. The number of aryl methyl sites for hydroxylation is 1. The van der Waals surface area contributed by atoms with Crippen molar-refractivity contribution in [3.63, 3.8) is 0 Å². The number of amides is 2. The first kappa shape index (κ1) is 17.2. The van der Waals surface area contributed by atoms with E-state index in [1.165, 1.54) is 0 Å². The zero-order chi connectivity index (χ0) is 17.8. The zero-order valence-corrected chi connectivity index (χ0v) is 14.7. The summed E-state index contributed by atoms with van der Waals surface area (Å²) in [5.41, 5.74) is 2.38. The van der Waals surface area contributed by atoms with Gasteiger partial charge in [0, 0.05) is 48.6 Å². The molecule has 2 amide bonds. The largest absolute Gasteiger partial charge is 0.342 e. The summed E-state index contributed by atoms with van der Waals surface area (Å²) in [6, 6.07) is 9.08. The summed E-state index contributed by atoms with van der Waals surface area (Å²) in [6.07, 6.45) is 2.43. The van der Waals surface area contributed by atoms with Crippen molar-refractivity contribution in [1.82, 2.24) is 14.8 Å². The maximum Gasteiger partial charge on any atom is 0.254 e. The van der Waals surface area contributed by atoms with Crippen LogP contribution in [0, 0.1) is 6.92 Å². The number of hydrogen-bond donors (Lipinski definition) is 1. The molecule has 6 nitrogen and oxygen atoms in total. The fourth-order valence-corrected chi connectivity index (χ4v) is 2.84. The number of piperazine rings is 1. The van der Waals surface area contributed by atoms with Gasteiger partial charge in [-0.05, 0) is 36.8 Å². The van der Waals surface area contributed by atoms with Gasteiger partial charge in [-0.2, -0.15) is 0 Å². The number of benzene rings is 1. The standard InChI is InChI=1S/C18H19ClN4O2/c1-13-2-3-15(11-16(13)19)21-17-10-14(4-5-20-17)18(25)23-8-6-22(12-24)7-9-23/h2-5,10-12H,6-9H2,1H3,(H,20,21). The van der Waals surface area contributed by atoms with Crippen LogP contribution in [0.1, 0.15) is 15.9 Å². The lowest BCUT2D eigenvalue weighted by Crippen LogP contribution is -2.48. The second kappa shape index (κ2) is 7.53.